The Kier molecular flexibility index (Phi) is 5.61. The highest BCUT2D eigenvalue weighted by Crippen LogP contribution is 2.20. The number of anilines is 3. The largest absolute Gasteiger partial charge is 0.489 e. The van der Waals surface area contributed by atoms with Crippen LogP contribution < -0.4 is 15.4 Å². The van der Waals surface area contributed by atoms with E-state index in [0.717, 1.165) is 22.8 Å². The van der Waals surface area contributed by atoms with Gasteiger partial charge in [0.25, 0.3) is 0 Å². The molecule has 2 N–H and O–H groups in total. The third kappa shape index (κ3) is 5.07. The topological polar surface area (TPSA) is 59.1 Å². The zero-order valence-corrected chi connectivity index (χ0v) is 13.9. The minimum Gasteiger partial charge on any atom is -0.489 e. The van der Waals surface area contributed by atoms with Crippen LogP contribution in [0.5, 0.6) is 5.75 Å². The summed E-state index contributed by atoms with van der Waals surface area (Å²) in [5.74, 6) is 2.11. The van der Waals surface area contributed by atoms with E-state index in [9.17, 15) is 0 Å². The van der Waals surface area contributed by atoms with Crippen LogP contribution in [0.1, 0.15) is 5.56 Å². The molecule has 0 bridgehead atoms. The first-order chi connectivity index (χ1) is 12.3. The monoisotopic (exact) mass is 332 g/mol. The highest BCUT2D eigenvalue weighted by atomic mass is 16.5. The third-order valence-corrected chi connectivity index (χ3v) is 3.44. The van der Waals surface area contributed by atoms with Crippen molar-refractivity contribution in [2.24, 2.45) is 0 Å². The average molecular weight is 332 g/mol. The number of benzene rings is 2. The Labute approximate surface area is 147 Å². The van der Waals surface area contributed by atoms with Gasteiger partial charge in [0.1, 0.15) is 18.2 Å². The second-order valence-electron chi connectivity index (χ2n) is 5.36. The van der Waals surface area contributed by atoms with Gasteiger partial charge in [0.2, 0.25) is 5.95 Å². The smallest absolute Gasteiger partial charge is 0.224 e. The fourth-order valence-electron chi connectivity index (χ4n) is 2.20. The molecule has 5 nitrogen and oxygen atoms in total. The number of hydrogen-bond donors (Lipinski definition) is 2. The van der Waals surface area contributed by atoms with Crippen molar-refractivity contribution >= 4 is 17.5 Å². The number of nitrogens with one attached hydrogen (secondary N) is 2. The molecule has 0 saturated carbocycles. The van der Waals surface area contributed by atoms with Crippen LogP contribution in [0.15, 0.2) is 79.5 Å². The molecule has 0 atom stereocenters. The van der Waals surface area contributed by atoms with Gasteiger partial charge in [-0.05, 0) is 35.9 Å². The quantitative estimate of drug-likeness (QED) is 0.599. The van der Waals surface area contributed by atoms with E-state index in [2.05, 4.69) is 27.2 Å². The first-order valence-electron chi connectivity index (χ1n) is 8.05. The SMILES string of the molecule is C=CCNc1nccc(Nc2ccc(OCc3ccccc3)cc2)n1. The molecule has 0 saturated heterocycles. The van der Waals surface area contributed by atoms with Crippen LogP contribution in [-0.4, -0.2) is 16.5 Å². The van der Waals surface area contributed by atoms with E-state index < -0.39 is 0 Å². The Bertz CT molecular complexity index is 803. The molecule has 126 valence electrons. The fourth-order valence-corrected chi connectivity index (χ4v) is 2.20. The van der Waals surface area contributed by atoms with Crippen molar-refractivity contribution in [2.75, 3.05) is 17.2 Å². The molecule has 0 radical (unpaired) electrons. The summed E-state index contributed by atoms with van der Waals surface area (Å²) in [4.78, 5) is 8.55. The fraction of sp³-hybridized carbons (Fsp3) is 0.100. The van der Waals surface area contributed by atoms with E-state index in [1.165, 1.54) is 0 Å². The second-order valence-corrected chi connectivity index (χ2v) is 5.36. The van der Waals surface area contributed by atoms with Gasteiger partial charge in [0, 0.05) is 18.4 Å². The Morgan fingerprint density at radius 3 is 2.56 bits per heavy atom. The molecule has 0 spiro atoms. The molecule has 3 rings (SSSR count). The molecule has 1 aromatic heterocycles. The molecule has 5 heteroatoms. The lowest BCUT2D eigenvalue weighted by molar-refractivity contribution is 0.306. The Morgan fingerprint density at radius 2 is 1.80 bits per heavy atom. The predicted octanol–water partition coefficient (Wildman–Crippen LogP) is 4.40. The number of aromatic nitrogens is 2. The molecule has 0 aliphatic rings. The van der Waals surface area contributed by atoms with Crippen LogP contribution in [0, 0.1) is 0 Å². The third-order valence-electron chi connectivity index (χ3n) is 3.44. The summed E-state index contributed by atoms with van der Waals surface area (Å²) >= 11 is 0. The van der Waals surface area contributed by atoms with Gasteiger partial charge in [0.15, 0.2) is 0 Å². The molecule has 0 amide bonds. The molecular formula is C20H20N4O. The standard InChI is InChI=1S/C20H20N4O/c1-2-13-21-20-22-14-12-19(24-20)23-17-8-10-18(11-9-17)25-15-16-6-4-3-5-7-16/h2-12,14H,1,13,15H2,(H2,21,22,23,24). The Morgan fingerprint density at radius 1 is 1.00 bits per heavy atom. The van der Waals surface area contributed by atoms with Gasteiger partial charge < -0.3 is 15.4 Å². The van der Waals surface area contributed by atoms with E-state index in [-0.39, 0.29) is 0 Å². The van der Waals surface area contributed by atoms with Gasteiger partial charge in [-0.3, -0.25) is 0 Å². The van der Waals surface area contributed by atoms with Crippen LogP contribution in [-0.2, 0) is 6.61 Å². The van der Waals surface area contributed by atoms with Crippen molar-refractivity contribution in [1.29, 1.82) is 0 Å². The van der Waals surface area contributed by atoms with E-state index in [1.54, 1.807) is 12.3 Å². The van der Waals surface area contributed by atoms with Crippen molar-refractivity contribution < 1.29 is 4.74 Å². The molecule has 25 heavy (non-hydrogen) atoms. The van der Waals surface area contributed by atoms with E-state index in [0.29, 0.717) is 19.1 Å². The van der Waals surface area contributed by atoms with Gasteiger partial charge >= 0.3 is 0 Å². The molecule has 0 aliphatic heterocycles. The summed E-state index contributed by atoms with van der Waals surface area (Å²) in [5, 5.41) is 6.31. The summed E-state index contributed by atoms with van der Waals surface area (Å²) in [6, 6.07) is 19.7. The molecule has 0 fully saturated rings. The minimum absolute atomic E-state index is 0.553. The van der Waals surface area contributed by atoms with Gasteiger partial charge in [-0.25, -0.2) is 4.98 Å². The Balaban J connectivity index is 1.58. The van der Waals surface area contributed by atoms with Crippen molar-refractivity contribution in [2.45, 2.75) is 6.61 Å². The van der Waals surface area contributed by atoms with Crippen LogP contribution in [0.4, 0.5) is 17.5 Å². The van der Waals surface area contributed by atoms with E-state index in [1.807, 2.05) is 60.7 Å². The first kappa shape index (κ1) is 16.5. The molecule has 3 aromatic rings. The number of hydrogen-bond acceptors (Lipinski definition) is 5. The molecular weight excluding hydrogens is 312 g/mol. The maximum atomic E-state index is 5.79. The van der Waals surface area contributed by atoms with Gasteiger partial charge in [-0.2, -0.15) is 4.98 Å². The Hall–Kier alpha value is -3.34. The summed E-state index contributed by atoms with van der Waals surface area (Å²) in [5.41, 5.74) is 2.07. The second kappa shape index (κ2) is 8.49. The van der Waals surface area contributed by atoms with Crippen LogP contribution in [0.25, 0.3) is 0 Å². The lowest BCUT2D eigenvalue weighted by atomic mass is 10.2. The zero-order chi connectivity index (χ0) is 17.3. The zero-order valence-electron chi connectivity index (χ0n) is 13.9. The molecule has 1 heterocycles. The molecule has 0 unspecified atom stereocenters. The summed E-state index contributed by atoms with van der Waals surface area (Å²) in [7, 11) is 0. The minimum atomic E-state index is 0.553. The van der Waals surface area contributed by atoms with Crippen LogP contribution in [0.2, 0.25) is 0 Å². The highest BCUT2D eigenvalue weighted by Gasteiger charge is 2.01. The average Bonchev–Trinajstić information content (AvgIpc) is 2.67. The highest BCUT2D eigenvalue weighted by molar-refractivity contribution is 5.57. The van der Waals surface area contributed by atoms with Gasteiger partial charge in [0.05, 0.1) is 0 Å². The van der Waals surface area contributed by atoms with Crippen LogP contribution in [0.3, 0.4) is 0 Å². The summed E-state index contributed by atoms with van der Waals surface area (Å²) < 4.78 is 5.79. The van der Waals surface area contributed by atoms with E-state index in [4.69, 9.17) is 4.74 Å². The van der Waals surface area contributed by atoms with Crippen molar-refractivity contribution in [3.05, 3.63) is 85.1 Å². The first-order valence-corrected chi connectivity index (χ1v) is 8.05. The summed E-state index contributed by atoms with van der Waals surface area (Å²) in [6.07, 6.45) is 3.47. The van der Waals surface area contributed by atoms with Crippen LogP contribution >= 0.6 is 0 Å². The van der Waals surface area contributed by atoms with Crippen molar-refractivity contribution in [3.8, 4) is 5.75 Å². The number of ether oxygens (including phenoxy) is 1. The molecule has 0 aliphatic carbocycles. The van der Waals surface area contributed by atoms with Crippen molar-refractivity contribution in [1.82, 2.24) is 9.97 Å². The normalized spacial score (nSPS) is 10.1. The maximum Gasteiger partial charge on any atom is 0.224 e. The van der Waals surface area contributed by atoms with E-state index >= 15 is 0 Å². The van der Waals surface area contributed by atoms with Gasteiger partial charge in [-0.15, -0.1) is 6.58 Å². The maximum absolute atomic E-state index is 5.79. The predicted molar refractivity (Wildman–Crippen MR) is 101 cm³/mol. The lowest BCUT2D eigenvalue weighted by Crippen LogP contribution is -2.04. The number of nitrogens with zero attached hydrogens (tertiary/aromatic N) is 2. The number of rotatable bonds is 8. The van der Waals surface area contributed by atoms with Gasteiger partial charge in [-0.1, -0.05) is 36.4 Å². The molecule has 2 aromatic carbocycles. The van der Waals surface area contributed by atoms with Crippen molar-refractivity contribution in [3.63, 3.8) is 0 Å². The summed E-state index contributed by atoms with van der Waals surface area (Å²) in [6.45, 7) is 4.84. The lowest BCUT2D eigenvalue weighted by Gasteiger charge is -2.09.